The van der Waals surface area contributed by atoms with Crippen molar-refractivity contribution in [1.29, 1.82) is 0 Å². The molecule has 0 spiro atoms. The molecule has 0 radical (unpaired) electrons. The number of para-hydroxylation sites is 1. The average molecular weight is 207 g/mol. The standard InChI is InChI=1S/C11H13NOS/c1-8(13)14-7-9-6-12-11-5-3-2-4-10(9)11/h2-5,9,12H,6-7H2,1H3. The topological polar surface area (TPSA) is 29.1 Å². The SMILES string of the molecule is CC(=O)SCC1CNc2ccccc21. The van der Waals surface area contributed by atoms with Crippen LogP contribution < -0.4 is 5.32 Å². The van der Waals surface area contributed by atoms with Gasteiger partial charge in [-0.3, -0.25) is 4.79 Å². The Bertz CT molecular complexity index is 351. The molecular formula is C11H13NOS. The monoisotopic (exact) mass is 207 g/mol. The third kappa shape index (κ3) is 1.93. The number of thioether (sulfide) groups is 1. The molecule has 1 atom stereocenters. The van der Waals surface area contributed by atoms with E-state index in [2.05, 4.69) is 23.5 Å². The van der Waals surface area contributed by atoms with E-state index in [1.165, 1.54) is 23.0 Å². The van der Waals surface area contributed by atoms with Gasteiger partial charge in [0.2, 0.25) is 0 Å². The molecule has 0 fully saturated rings. The van der Waals surface area contributed by atoms with Gasteiger partial charge in [0.1, 0.15) is 0 Å². The van der Waals surface area contributed by atoms with Gasteiger partial charge in [0.25, 0.3) is 0 Å². The van der Waals surface area contributed by atoms with Gasteiger partial charge in [-0.05, 0) is 11.6 Å². The van der Waals surface area contributed by atoms with Crippen molar-refractivity contribution in [2.24, 2.45) is 0 Å². The molecule has 74 valence electrons. The number of anilines is 1. The molecule has 0 saturated heterocycles. The average Bonchev–Trinajstić information content (AvgIpc) is 2.58. The Morgan fingerprint density at radius 3 is 3.14 bits per heavy atom. The lowest BCUT2D eigenvalue weighted by molar-refractivity contribution is -0.109. The molecule has 3 heteroatoms. The number of carbonyl (C=O) groups excluding carboxylic acids is 1. The number of hydrogen-bond donors (Lipinski definition) is 1. The maximum atomic E-state index is 10.9. The van der Waals surface area contributed by atoms with Crippen molar-refractivity contribution in [2.45, 2.75) is 12.8 Å². The molecular weight excluding hydrogens is 194 g/mol. The van der Waals surface area contributed by atoms with Gasteiger partial charge in [0.05, 0.1) is 0 Å². The van der Waals surface area contributed by atoms with Crippen LogP contribution in [0.5, 0.6) is 0 Å². The summed E-state index contributed by atoms with van der Waals surface area (Å²) in [6.07, 6.45) is 0. The molecule has 0 aliphatic carbocycles. The van der Waals surface area contributed by atoms with Gasteiger partial charge >= 0.3 is 0 Å². The molecule has 14 heavy (non-hydrogen) atoms. The molecule has 2 rings (SSSR count). The van der Waals surface area contributed by atoms with Crippen LogP contribution in [0.15, 0.2) is 24.3 Å². The number of benzene rings is 1. The van der Waals surface area contributed by atoms with Gasteiger partial charge < -0.3 is 5.32 Å². The minimum atomic E-state index is 0.203. The third-order valence-electron chi connectivity index (χ3n) is 2.43. The van der Waals surface area contributed by atoms with Crippen LogP contribution in [-0.4, -0.2) is 17.4 Å². The van der Waals surface area contributed by atoms with Crippen LogP contribution in [0.1, 0.15) is 18.4 Å². The van der Waals surface area contributed by atoms with E-state index >= 15 is 0 Å². The van der Waals surface area contributed by atoms with Crippen molar-refractivity contribution in [3.8, 4) is 0 Å². The molecule has 0 amide bonds. The smallest absolute Gasteiger partial charge is 0.185 e. The first-order valence-electron chi connectivity index (χ1n) is 4.73. The molecule has 1 aromatic carbocycles. The van der Waals surface area contributed by atoms with Gasteiger partial charge in [0.15, 0.2) is 5.12 Å². The molecule has 1 aliphatic heterocycles. The fourth-order valence-electron chi connectivity index (χ4n) is 1.72. The van der Waals surface area contributed by atoms with Crippen LogP contribution >= 0.6 is 11.8 Å². The zero-order valence-electron chi connectivity index (χ0n) is 8.12. The molecule has 1 heterocycles. The van der Waals surface area contributed by atoms with E-state index in [9.17, 15) is 4.79 Å². The lowest BCUT2D eigenvalue weighted by Gasteiger charge is -2.07. The number of hydrogen-bond acceptors (Lipinski definition) is 3. The fraction of sp³-hybridized carbons (Fsp3) is 0.364. The molecule has 1 N–H and O–H groups in total. The second-order valence-corrected chi connectivity index (χ2v) is 4.66. The lowest BCUT2D eigenvalue weighted by Crippen LogP contribution is -2.05. The van der Waals surface area contributed by atoms with Crippen LogP contribution in [0.25, 0.3) is 0 Å². The van der Waals surface area contributed by atoms with Gasteiger partial charge in [-0.25, -0.2) is 0 Å². The highest BCUT2D eigenvalue weighted by Crippen LogP contribution is 2.33. The van der Waals surface area contributed by atoms with Crippen LogP contribution in [0, 0.1) is 0 Å². The molecule has 1 aromatic rings. The Balaban J connectivity index is 2.07. The Hall–Kier alpha value is -0.960. The number of rotatable bonds is 2. The quantitative estimate of drug-likeness (QED) is 0.807. The highest BCUT2D eigenvalue weighted by Gasteiger charge is 2.21. The van der Waals surface area contributed by atoms with Crippen LogP contribution in [0.2, 0.25) is 0 Å². The Morgan fingerprint density at radius 2 is 2.36 bits per heavy atom. The molecule has 1 unspecified atom stereocenters. The van der Waals surface area contributed by atoms with Gasteiger partial charge in [-0.15, -0.1) is 0 Å². The van der Waals surface area contributed by atoms with Crippen molar-refractivity contribution >= 4 is 22.6 Å². The highest BCUT2D eigenvalue weighted by molar-refractivity contribution is 8.13. The van der Waals surface area contributed by atoms with Crippen molar-refractivity contribution in [3.63, 3.8) is 0 Å². The summed E-state index contributed by atoms with van der Waals surface area (Å²) >= 11 is 1.41. The maximum Gasteiger partial charge on any atom is 0.185 e. The van der Waals surface area contributed by atoms with Gasteiger partial charge in [-0.1, -0.05) is 30.0 Å². The maximum absolute atomic E-state index is 10.9. The summed E-state index contributed by atoms with van der Waals surface area (Å²) in [5.41, 5.74) is 2.57. The number of carbonyl (C=O) groups is 1. The zero-order chi connectivity index (χ0) is 9.97. The third-order valence-corrected chi connectivity index (χ3v) is 3.40. The summed E-state index contributed by atoms with van der Waals surface area (Å²) in [7, 11) is 0. The second-order valence-electron chi connectivity index (χ2n) is 3.47. The molecule has 2 nitrogen and oxygen atoms in total. The first-order valence-corrected chi connectivity index (χ1v) is 5.72. The van der Waals surface area contributed by atoms with Crippen LogP contribution in [0.3, 0.4) is 0 Å². The summed E-state index contributed by atoms with van der Waals surface area (Å²) < 4.78 is 0. The second kappa shape index (κ2) is 4.05. The van der Waals surface area contributed by atoms with E-state index < -0.39 is 0 Å². The summed E-state index contributed by atoms with van der Waals surface area (Å²) in [5.74, 6) is 1.37. The lowest BCUT2D eigenvalue weighted by atomic mass is 10.0. The van der Waals surface area contributed by atoms with E-state index in [4.69, 9.17) is 0 Å². The van der Waals surface area contributed by atoms with Crippen LogP contribution in [0.4, 0.5) is 5.69 Å². The largest absolute Gasteiger partial charge is 0.384 e. The Morgan fingerprint density at radius 1 is 1.57 bits per heavy atom. The Kier molecular flexibility index (Phi) is 2.77. The summed E-state index contributed by atoms with van der Waals surface area (Å²) in [6.45, 7) is 2.58. The minimum absolute atomic E-state index is 0.203. The number of fused-ring (bicyclic) bond motifs is 1. The highest BCUT2D eigenvalue weighted by atomic mass is 32.2. The fourth-order valence-corrected chi connectivity index (χ4v) is 2.46. The van der Waals surface area contributed by atoms with Crippen LogP contribution in [-0.2, 0) is 4.79 Å². The van der Waals surface area contributed by atoms with Crippen molar-refractivity contribution in [1.82, 2.24) is 0 Å². The predicted octanol–water partition coefficient (Wildman–Crippen LogP) is 2.48. The van der Waals surface area contributed by atoms with Crippen molar-refractivity contribution in [3.05, 3.63) is 29.8 Å². The zero-order valence-corrected chi connectivity index (χ0v) is 8.93. The summed E-state index contributed by atoms with van der Waals surface area (Å²) in [5, 5.41) is 3.55. The van der Waals surface area contributed by atoms with Crippen molar-refractivity contribution in [2.75, 3.05) is 17.6 Å². The van der Waals surface area contributed by atoms with E-state index in [1.807, 2.05) is 6.07 Å². The molecule has 1 aliphatic rings. The van der Waals surface area contributed by atoms with E-state index in [0.717, 1.165) is 12.3 Å². The first-order chi connectivity index (χ1) is 6.77. The van der Waals surface area contributed by atoms with Crippen molar-refractivity contribution < 1.29 is 4.79 Å². The number of nitrogens with one attached hydrogen (secondary N) is 1. The van der Waals surface area contributed by atoms with E-state index in [1.54, 1.807) is 6.92 Å². The van der Waals surface area contributed by atoms with Gasteiger partial charge in [0, 0.05) is 30.8 Å². The van der Waals surface area contributed by atoms with E-state index in [-0.39, 0.29) is 5.12 Å². The normalized spacial score (nSPS) is 18.8. The minimum Gasteiger partial charge on any atom is -0.384 e. The first kappa shape index (κ1) is 9.59. The Labute approximate surface area is 88.1 Å². The summed E-state index contributed by atoms with van der Waals surface area (Å²) in [6, 6.07) is 8.32. The van der Waals surface area contributed by atoms with Gasteiger partial charge in [-0.2, -0.15) is 0 Å². The molecule has 0 aromatic heterocycles. The molecule has 0 bridgehead atoms. The predicted molar refractivity (Wildman–Crippen MR) is 60.8 cm³/mol. The molecule has 0 saturated carbocycles. The summed E-state index contributed by atoms with van der Waals surface area (Å²) in [4.78, 5) is 10.9. The van der Waals surface area contributed by atoms with E-state index in [0.29, 0.717) is 5.92 Å².